The molecule has 1 saturated heterocycles. The first-order valence-corrected chi connectivity index (χ1v) is 5.37. The summed E-state index contributed by atoms with van der Waals surface area (Å²) in [7, 11) is 1.73. The Kier molecular flexibility index (Phi) is 3.88. The first kappa shape index (κ1) is 12.9. The zero-order valence-corrected chi connectivity index (χ0v) is 9.77. The lowest BCUT2D eigenvalue weighted by molar-refractivity contribution is -0.143. The molecular weight excluding hydrogens is 210 g/mol. The molecule has 92 valence electrons. The third-order valence-electron chi connectivity index (χ3n) is 3.06. The number of aliphatic carboxylic acids is 1. The molecule has 1 aliphatic heterocycles. The van der Waals surface area contributed by atoms with Crippen LogP contribution in [0.2, 0.25) is 0 Å². The lowest BCUT2D eigenvalue weighted by Gasteiger charge is -2.22. The van der Waals surface area contributed by atoms with E-state index in [0.29, 0.717) is 19.5 Å². The Bertz CT molecular complexity index is 295. The zero-order chi connectivity index (χ0) is 12.3. The van der Waals surface area contributed by atoms with Crippen molar-refractivity contribution in [2.75, 3.05) is 33.2 Å². The average molecular weight is 229 g/mol. The first-order chi connectivity index (χ1) is 7.39. The van der Waals surface area contributed by atoms with Gasteiger partial charge in [-0.3, -0.25) is 14.5 Å². The van der Waals surface area contributed by atoms with Gasteiger partial charge in [0.15, 0.2) is 0 Å². The van der Waals surface area contributed by atoms with Crippen LogP contribution in [0.4, 0.5) is 0 Å². The van der Waals surface area contributed by atoms with Crippen molar-refractivity contribution in [2.45, 2.75) is 18.9 Å². The summed E-state index contributed by atoms with van der Waals surface area (Å²) in [6.07, 6.45) is 0.394. The van der Waals surface area contributed by atoms with Crippen LogP contribution in [-0.4, -0.2) is 65.5 Å². The van der Waals surface area contributed by atoms with Gasteiger partial charge < -0.3 is 15.7 Å². The van der Waals surface area contributed by atoms with Crippen LogP contribution in [0.15, 0.2) is 0 Å². The van der Waals surface area contributed by atoms with Crippen molar-refractivity contribution < 1.29 is 14.7 Å². The van der Waals surface area contributed by atoms with Crippen LogP contribution < -0.4 is 5.73 Å². The normalized spacial score (nSPS) is 25.7. The summed E-state index contributed by atoms with van der Waals surface area (Å²) in [6.45, 7) is 3.60. The monoisotopic (exact) mass is 229 g/mol. The van der Waals surface area contributed by atoms with Gasteiger partial charge in [-0.1, -0.05) is 0 Å². The number of amides is 1. The summed E-state index contributed by atoms with van der Waals surface area (Å²) in [4.78, 5) is 25.9. The minimum Gasteiger partial charge on any atom is -0.480 e. The lowest BCUT2D eigenvalue weighted by Crippen LogP contribution is -2.50. The Balaban J connectivity index is 2.49. The highest BCUT2D eigenvalue weighted by atomic mass is 16.4. The Labute approximate surface area is 95.0 Å². The van der Waals surface area contributed by atoms with Crippen LogP contribution in [0.25, 0.3) is 0 Å². The van der Waals surface area contributed by atoms with Gasteiger partial charge in [-0.15, -0.1) is 0 Å². The van der Waals surface area contributed by atoms with Crippen molar-refractivity contribution in [3.05, 3.63) is 0 Å². The number of hydrogen-bond donors (Lipinski definition) is 2. The second-order valence-corrected chi connectivity index (χ2v) is 4.33. The molecule has 1 amide bonds. The molecule has 0 aromatic rings. The summed E-state index contributed by atoms with van der Waals surface area (Å²) in [5.74, 6) is -0.997. The summed E-state index contributed by atoms with van der Waals surface area (Å²) in [6, 6.07) is 0. The van der Waals surface area contributed by atoms with Crippen molar-refractivity contribution in [3.8, 4) is 0 Å². The van der Waals surface area contributed by atoms with Gasteiger partial charge in [-0.25, -0.2) is 0 Å². The van der Waals surface area contributed by atoms with Crippen LogP contribution in [0.3, 0.4) is 0 Å². The molecule has 6 nitrogen and oxygen atoms in total. The molecule has 0 aromatic carbocycles. The Morgan fingerprint density at radius 1 is 1.56 bits per heavy atom. The van der Waals surface area contributed by atoms with Crippen molar-refractivity contribution in [3.63, 3.8) is 0 Å². The van der Waals surface area contributed by atoms with Crippen molar-refractivity contribution in [1.82, 2.24) is 9.80 Å². The molecule has 1 atom stereocenters. The Morgan fingerprint density at radius 2 is 2.19 bits per heavy atom. The van der Waals surface area contributed by atoms with Gasteiger partial charge in [0.25, 0.3) is 0 Å². The molecule has 1 unspecified atom stereocenters. The molecule has 1 fully saturated rings. The number of carboxylic acid groups (broad SMARTS) is 1. The first-order valence-electron chi connectivity index (χ1n) is 5.37. The number of carbonyl (C=O) groups excluding carboxylic acids is 1. The quantitative estimate of drug-likeness (QED) is 0.642. The molecule has 1 rings (SSSR count). The van der Waals surface area contributed by atoms with Gasteiger partial charge in [-0.05, 0) is 13.3 Å². The molecule has 3 N–H and O–H groups in total. The molecule has 0 saturated carbocycles. The van der Waals surface area contributed by atoms with Gasteiger partial charge in [0.2, 0.25) is 5.91 Å². The highest BCUT2D eigenvalue weighted by molar-refractivity contribution is 5.80. The van der Waals surface area contributed by atoms with E-state index in [0.717, 1.165) is 0 Å². The molecule has 0 spiro atoms. The van der Waals surface area contributed by atoms with E-state index >= 15 is 0 Å². The Morgan fingerprint density at radius 3 is 2.62 bits per heavy atom. The van der Waals surface area contributed by atoms with Crippen LogP contribution in [0.5, 0.6) is 0 Å². The molecule has 0 radical (unpaired) electrons. The number of rotatable bonds is 4. The van der Waals surface area contributed by atoms with Crippen molar-refractivity contribution >= 4 is 11.9 Å². The van der Waals surface area contributed by atoms with Crippen LogP contribution >= 0.6 is 0 Å². The van der Waals surface area contributed by atoms with E-state index in [4.69, 9.17) is 10.8 Å². The second-order valence-electron chi connectivity index (χ2n) is 4.33. The van der Waals surface area contributed by atoms with Crippen molar-refractivity contribution in [2.24, 2.45) is 5.73 Å². The molecule has 0 bridgehead atoms. The number of nitrogens with two attached hydrogens (primary N) is 1. The average Bonchev–Trinajstić information content (AvgIpc) is 2.60. The maximum Gasteiger partial charge on any atom is 0.325 e. The number of hydrogen-bond acceptors (Lipinski definition) is 4. The number of carboxylic acids is 1. The fourth-order valence-corrected chi connectivity index (χ4v) is 1.71. The van der Waals surface area contributed by atoms with E-state index in [2.05, 4.69) is 0 Å². The fourth-order valence-electron chi connectivity index (χ4n) is 1.71. The number of likely N-dealkylation sites (N-methyl/N-ethyl adjacent to an activating group) is 1. The molecule has 6 heteroatoms. The topological polar surface area (TPSA) is 86.9 Å². The minimum atomic E-state index is -1.19. The van der Waals surface area contributed by atoms with E-state index in [9.17, 15) is 9.59 Å². The highest BCUT2D eigenvalue weighted by Crippen LogP contribution is 2.18. The summed E-state index contributed by atoms with van der Waals surface area (Å²) < 4.78 is 0. The van der Waals surface area contributed by atoms with Crippen LogP contribution in [0, 0.1) is 0 Å². The summed E-state index contributed by atoms with van der Waals surface area (Å²) in [5.41, 5.74) is 4.52. The van der Waals surface area contributed by atoms with E-state index in [1.54, 1.807) is 16.8 Å². The van der Waals surface area contributed by atoms with Gasteiger partial charge in [-0.2, -0.15) is 0 Å². The molecule has 1 heterocycles. The number of carbonyl (C=O) groups is 2. The molecule has 0 aromatic heterocycles. The fraction of sp³-hybridized carbons (Fsp3) is 0.800. The van der Waals surface area contributed by atoms with E-state index in [1.807, 2.05) is 6.92 Å². The van der Waals surface area contributed by atoms with Crippen LogP contribution in [-0.2, 0) is 9.59 Å². The van der Waals surface area contributed by atoms with Gasteiger partial charge >= 0.3 is 5.97 Å². The lowest BCUT2D eigenvalue weighted by atomic mass is 10.0. The van der Waals surface area contributed by atoms with Gasteiger partial charge in [0, 0.05) is 26.7 Å². The third kappa shape index (κ3) is 2.70. The highest BCUT2D eigenvalue weighted by Gasteiger charge is 2.41. The maximum atomic E-state index is 11.6. The minimum absolute atomic E-state index is 0.00265. The largest absolute Gasteiger partial charge is 0.480 e. The molecular formula is C10H19N3O3. The maximum absolute atomic E-state index is 11.6. The third-order valence-corrected chi connectivity index (χ3v) is 3.06. The predicted octanol–water partition coefficient (Wildman–Crippen LogP) is -1.05. The number of likely N-dealkylation sites (tertiary alicyclic amines) is 1. The Hall–Kier alpha value is -1.14. The smallest absolute Gasteiger partial charge is 0.325 e. The van der Waals surface area contributed by atoms with Gasteiger partial charge in [0.1, 0.15) is 5.54 Å². The standard InChI is InChI=1S/C10H19N3O3/c1-3-12(2)8(14)6-13-5-4-10(11,7-13)9(15)16/h3-7,11H2,1-2H3,(H,15,16). The van der Waals surface area contributed by atoms with Crippen molar-refractivity contribution in [1.29, 1.82) is 0 Å². The zero-order valence-electron chi connectivity index (χ0n) is 9.77. The van der Waals surface area contributed by atoms with Gasteiger partial charge in [0.05, 0.1) is 6.54 Å². The molecule has 1 aliphatic rings. The predicted molar refractivity (Wildman–Crippen MR) is 58.9 cm³/mol. The molecule has 16 heavy (non-hydrogen) atoms. The molecule has 0 aliphatic carbocycles. The summed E-state index contributed by atoms with van der Waals surface area (Å²) in [5, 5.41) is 8.93. The van der Waals surface area contributed by atoms with E-state index in [-0.39, 0.29) is 19.0 Å². The van der Waals surface area contributed by atoms with E-state index in [1.165, 1.54) is 0 Å². The summed E-state index contributed by atoms with van der Waals surface area (Å²) >= 11 is 0. The number of nitrogens with zero attached hydrogens (tertiary/aromatic N) is 2. The SMILES string of the molecule is CCN(C)C(=O)CN1CCC(N)(C(=O)O)C1. The van der Waals surface area contributed by atoms with E-state index < -0.39 is 11.5 Å². The second kappa shape index (κ2) is 4.80. The van der Waals surface area contributed by atoms with Crippen LogP contribution in [0.1, 0.15) is 13.3 Å².